The van der Waals surface area contributed by atoms with E-state index in [0.717, 1.165) is 17.5 Å². The van der Waals surface area contributed by atoms with Gasteiger partial charge in [-0.1, -0.05) is 35.9 Å². The smallest absolute Gasteiger partial charge is 0.137 e. The summed E-state index contributed by atoms with van der Waals surface area (Å²) in [5, 5.41) is 0.556. The highest BCUT2D eigenvalue weighted by molar-refractivity contribution is 6.32. The first-order valence-electron chi connectivity index (χ1n) is 7.87. The first kappa shape index (κ1) is 18.3. The Labute approximate surface area is 147 Å². The van der Waals surface area contributed by atoms with Gasteiger partial charge in [-0.05, 0) is 48.7 Å². The molecule has 3 nitrogen and oxygen atoms in total. The molecule has 1 N–H and O–H groups in total. The molecule has 0 bridgehead atoms. The summed E-state index contributed by atoms with van der Waals surface area (Å²) in [6, 6.07) is 12.2. The van der Waals surface area contributed by atoms with E-state index in [4.69, 9.17) is 21.2 Å². The van der Waals surface area contributed by atoms with Gasteiger partial charge in [0.2, 0.25) is 0 Å². The van der Waals surface area contributed by atoms with E-state index in [1.165, 1.54) is 12.1 Å². The van der Waals surface area contributed by atoms with Crippen molar-refractivity contribution in [2.75, 3.05) is 13.2 Å². The molecule has 0 saturated carbocycles. The maximum Gasteiger partial charge on any atom is 0.137 e. The Morgan fingerprint density at radius 3 is 2.75 bits per heavy atom. The summed E-state index contributed by atoms with van der Waals surface area (Å²) >= 11 is 6.26. The lowest BCUT2D eigenvalue weighted by atomic mass is 10.0. The Hall–Kier alpha value is -2.04. The molecule has 0 aliphatic rings. The van der Waals surface area contributed by atoms with Crippen molar-refractivity contribution in [3.63, 3.8) is 0 Å². The van der Waals surface area contributed by atoms with Gasteiger partial charge in [0, 0.05) is 12.6 Å². The van der Waals surface area contributed by atoms with Crippen molar-refractivity contribution < 1.29 is 14.0 Å². The molecule has 2 aromatic carbocycles. The molecule has 0 atom stereocenters. The molecule has 2 aromatic rings. The first-order chi connectivity index (χ1) is 11.7. The SMILES string of the molecule is CCONC=CCCOc1ccc(Cc2cccc(F)c2)cc1Cl. The van der Waals surface area contributed by atoms with Crippen LogP contribution < -0.4 is 10.2 Å². The highest BCUT2D eigenvalue weighted by atomic mass is 35.5. The van der Waals surface area contributed by atoms with E-state index in [0.29, 0.717) is 30.4 Å². The summed E-state index contributed by atoms with van der Waals surface area (Å²) in [5.74, 6) is 0.413. The topological polar surface area (TPSA) is 30.5 Å². The molecule has 0 aromatic heterocycles. The number of hydrogen-bond acceptors (Lipinski definition) is 3. The van der Waals surface area contributed by atoms with Gasteiger partial charge in [-0.25, -0.2) is 4.39 Å². The van der Waals surface area contributed by atoms with Gasteiger partial charge < -0.3 is 4.74 Å². The van der Waals surface area contributed by atoms with Crippen LogP contribution in [0.2, 0.25) is 5.02 Å². The van der Waals surface area contributed by atoms with Crippen LogP contribution in [-0.4, -0.2) is 13.2 Å². The van der Waals surface area contributed by atoms with E-state index in [1.54, 1.807) is 12.3 Å². The van der Waals surface area contributed by atoms with Crippen LogP contribution in [0.3, 0.4) is 0 Å². The number of benzene rings is 2. The van der Waals surface area contributed by atoms with E-state index in [9.17, 15) is 4.39 Å². The molecule has 128 valence electrons. The van der Waals surface area contributed by atoms with Crippen molar-refractivity contribution in [3.8, 4) is 5.75 Å². The van der Waals surface area contributed by atoms with Crippen LogP contribution >= 0.6 is 11.6 Å². The highest BCUT2D eigenvalue weighted by Gasteiger charge is 2.04. The third kappa shape index (κ3) is 6.22. The van der Waals surface area contributed by atoms with E-state index < -0.39 is 0 Å². The molecule has 5 heteroatoms. The fraction of sp³-hybridized carbons (Fsp3) is 0.263. The monoisotopic (exact) mass is 349 g/mol. The Bertz CT molecular complexity index is 676. The van der Waals surface area contributed by atoms with Crippen LogP contribution in [0.15, 0.2) is 54.7 Å². The minimum absolute atomic E-state index is 0.231. The maximum atomic E-state index is 13.2. The number of rotatable bonds is 9. The van der Waals surface area contributed by atoms with E-state index in [-0.39, 0.29) is 5.82 Å². The van der Waals surface area contributed by atoms with Gasteiger partial charge in [0.15, 0.2) is 0 Å². The second-order valence-corrected chi connectivity index (χ2v) is 5.57. The van der Waals surface area contributed by atoms with Crippen molar-refractivity contribution in [3.05, 3.63) is 76.7 Å². The summed E-state index contributed by atoms with van der Waals surface area (Å²) in [5.41, 5.74) is 4.61. The second kappa shape index (κ2) is 9.96. The van der Waals surface area contributed by atoms with Crippen LogP contribution in [0.5, 0.6) is 5.75 Å². The predicted molar refractivity (Wildman–Crippen MR) is 94.7 cm³/mol. The molecule has 24 heavy (non-hydrogen) atoms. The average Bonchev–Trinajstić information content (AvgIpc) is 2.56. The van der Waals surface area contributed by atoms with Crippen molar-refractivity contribution in [2.24, 2.45) is 0 Å². The summed E-state index contributed by atoms with van der Waals surface area (Å²) in [6.07, 6.45) is 5.02. The molecule has 0 aliphatic carbocycles. The Kier molecular flexibility index (Phi) is 7.59. The zero-order valence-electron chi connectivity index (χ0n) is 13.6. The Balaban J connectivity index is 1.84. The van der Waals surface area contributed by atoms with Gasteiger partial charge in [0.05, 0.1) is 18.2 Å². The fourth-order valence-electron chi connectivity index (χ4n) is 2.15. The van der Waals surface area contributed by atoms with Gasteiger partial charge in [-0.2, -0.15) is 0 Å². The zero-order chi connectivity index (χ0) is 17.2. The van der Waals surface area contributed by atoms with Crippen LogP contribution in [0, 0.1) is 5.82 Å². The van der Waals surface area contributed by atoms with E-state index in [1.807, 2.05) is 37.3 Å². The summed E-state index contributed by atoms with van der Waals surface area (Å²) < 4.78 is 18.9. The first-order valence-corrected chi connectivity index (χ1v) is 8.25. The molecule has 0 amide bonds. The molecule has 0 spiro atoms. The standard InChI is InChI=1S/C19H21ClFNO2/c1-2-24-22-10-3-4-11-23-19-9-8-16(14-18(19)20)12-15-6-5-7-17(21)13-15/h3,5-10,13-14,22H,2,4,11-12H2,1H3. The third-order valence-electron chi connectivity index (χ3n) is 3.25. The van der Waals surface area contributed by atoms with Crippen molar-refractivity contribution in [1.82, 2.24) is 5.48 Å². The molecule has 0 fully saturated rings. The minimum atomic E-state index is -0.231. The van der Waals surface area contributed by atoms with Crippen LogP contribution in [-0.2, 0) is 11.3 Å². The third-order valence-corrected chi connectivity index (χ3v) is 3.54. The lowest BCUT2D eigenvalue weighted by molar-refractivity contribution is 0.0823. The van der Waals surface area contributed by atoms with E-state index in [2.05, 4.69) is 5.48 Å². The largest absolute Gasteiger partial charge is 0.492 e. The second-order valence-electron chi connectivity index (χ2n) is 5.16. The van der Waals surface area contributed by atoms with Gasteiger partial charge in [-0.15, -0.1) is 0 Å². The molecule has 0 aliphatic heterocycles. The summed E-state index contributed by atoms with van der Waals surface area (Å²) in [4.78, 5) is 4.96. The Morgan fingerprint density at radius 2 is 2.00 bits per heavy atom. The molecule has 0 saturated heterocycles. The lowest BCUT2D eigenvalue weighted by Crippen LogP contribution is -2.05. The Morgan fingerprint density at radius 1 is 1.17 bits per heavy atom. The van der Waals surface area contributed by atoms with Crippen LogP contribution in [0.25, 0.3) is 0 Å². The summed E-state index contributed by atoms with van der Waals surface area (Å²) in [6.45, 7) is 3.04. The van der Waals surface area contributed by atoms with Gasteiger partial charge in [0.25, 0.3) is 0 Å². The zero-order valence-corrected chi connectivity index (χ0v) is 14.4. The summed E-state index contributed by atoms with van der Waals surface area (Å²) in [7, 11) is 0. The fourth-order valence-corrected chi connectivity index (χ4v) is 2.41. The molecule has 0 heterocycles. The maximum absolute atomic E-state index is 13.2. The quantitative estimate of drug-likeness (QED) is 0.516. The molecular weight excluding hydrogens is 329 g/mol. The highest BCUT2D eigenvalue weighted by Crippen LogP contribution is 2.26. The number of halogens is 2. The van der Waals surface area contributed by atoms with Gasteiger partial charge in [0.1, 0.15) is 11.6 Å². The van der Waals surface area contributed by atoms with Crippen molar-refractivity contribution in [1.29, 1.82) is 0 Å². The number of hydrogen-bond donors (Lipinski definition) is 1. The molecular formula is C19H21ClFNO2. The number of nitrogens with one attached hydrogen (secondary N) is 1. The van der Waals surface area contributed by atoms with Gasteiger partial charge >= 0.3 is 0 Å². The van der Waals surface area contributed by atoms with Crippen molar-refractivity contribution >= 4 is 11.6 Å². The van der Waals surface area contributed by atoms with E-state index >= 15 is 0 Å². The van der Waals surface area contributed by atoms with Crippen LogP contribution in [0.4, 0.5) is 4.39 Å². The number of ether oxygens (including phenoxy) is 1. The number of hydroxylamine groups is 1. The molecule has 0 unspecified atom stereocenters. The predicted octanol–water partition coefficient (Wildman–Crippen LogP) is 4.89. The normalized spacial score (nSPS) is 11.0. The average molecular weight is 350 g/mol. The lowest BCUT2D eigenvalue weighted by Gasteiger charge is -2.09. The minimum Gasteiger partial charge on any atom is -0.492 e. The molecule has 0 radical (unpaired) electrons. The molecule has 2 rings (SSSR count). The van der Waals surface area contributed by atoms with Crippen LogP contribution in [0.1, 0.15) is 24.5 Å². The van der Waals surface area contributed by atoms with Gasteiger partial charge in [-0.3, -0.25) is 10.3 Å². The van der Waals surface area contributed by atoms with Crippen molar-refractivity contribution in [2.45, 2.75) is 19.8 Å².